The maximum Gasteiger partial charge on any atom is 0.187 e. The average Bonchev–Trinajstić information content (AvgIpc) is 2.01. The minimum absolute atomic E-state index is 0.0944. The molecular weight excluding hydrogens is 171 g/mol. The van der Waals surface area contributed by atoms with E-state index in [9.17, 15) is 4.39 Å². The molecular formula is C8H13FN4. The van der Waals surface area contributed by atoms with Crippen molar-refractivity contribution in [3.63, 3.8) is 0 Å². The van der Waals surface area contributed by atoms with Crippen LogP contribution in [0.3, 0.4) is 0 Å². The van der Waals surface area contributed by atoms with Gasteiger partial charge in [-0.1, -0.05) is 13.2 Å². The molecule has 0 amide bonds. The quantitative estimate of drug-likeness (QED) is 0.445. The third-order valence-electron chi connectivity index (χ3n) is 1.11. The van der Waals surface area contributed by atoms with Gasteiger partial charge in [0, 0.05) is 6.92 Å². The molecule has 0 aromatic rings. The van der Waals surface area contributed by atoms with Gasteiger partial charge in [-0.3, -0.25) is 0 Å². The summed E-state index contributed by atoms with van der Waals surface area (Å²) in [6.07, 6.45) is 1.32. The molecule has 5 N–H and O–H groups in total. The summed E-state index contributed by atoms with van der Waals surface area (Å²) in [4.78, 5) is 3.47. The standard InChI is InChI=1S/C8H13FN4/c1-4-12-8(13-6(3)9)7(11)5(2)10/h4,12H,1-2,10-11H2,3H3/b8-7+,13-6?. The largest absolute Gasteiger partial charge is 0.397 e. The first kappa shape index (κ1) is 11.2. The van der Waals surface area contributed by atoms with Crippen molar-refractivity contribution >= 4 is 5.97 Å². The van der Waals surface area contributed by atoms with Crippen LogP contribution in [0.1, 0.15) is 6.92 Å². The van der Waals surface area contributed by atoms with E-state index in [0.29, 0.717) is 0 Å². The lowest BCUT2D eigenvalue weighted by Crippen LogP contribution is -2.17. The summed E-state index contributed by atoms with van der Waals surface area (Å²) in [5.74, 6) is -0.531. The lowest BCUT2D eigenvalue weighted by Gasteiger charge is -2.06. The highest BCUT2D eigenvalue weighted by molar-refractivity contribution is 5.73. The predicted octanol–water partition coefficient (Wildman–Crippen LogP) is 0.708. The molecule has 72 valence electrons. The van der Waals surface area contributed by atoms with E-state index in [1.165, 1.54) is 13.1 Å². The Bertz CT molecular complexity index is 274. The van der Waals surface area contributed by atoms with Crippen molar-refractivity contribution in [2.24, 2.45) is 16.5 Å². The summed E-state index contributed by atoms with van der Waals surface area (Å²) in [6.45, 7) is 7.97. The Balaban J connectivity index is 4.99. The average molecular weight is 184 g/mol. The van der Waals surface area contributed by atoms with E-state index in [0.717, 1.165) is 0 Å². The zero-order valence-corrected chi connectivity index (χ0v) is 7.47. The van der Waals surface area contributed by atoms with Crippen molar-refractivity contribution in [2.45, 2.75) is 6.92 Å². The first-order valence-corrected chi connectivity index (χ1v) is 3.51. The van der Waals surface area contributed by atoms with E-state index >= 15 is 0 Å². The topological polar surface area (TPSA) is 76.4 Å². The Hall–Kier alpha value is -1.78. The van der Waals surface area contributed by atoms with Gasteiger partial charge in [-0.05, 0) is 6.20 Å². The first-order chi connectivity index (χ1) is 5.99. The van der Waals surface area contributed by atoms with Crippen LogP contribution < -0.4 is 16.8 Å². The fourth-order valence-electron chi connectivity index (χ4n) is 0.573. The number of nitrogens with zero attached hydrogens (tertiary/aromatic N) is 1. The Morgan fingerprint density at radius 2 is 2.08 bits per heavy atom. The SMILES string of the molecule is C=CN/C(N=C(C)F)=C(\N)C(=C)N. The minimum Gasteiger partial charge on any atom is -0.397 e. The van der Waals surface area contributed by atoms with Gasteiger partial charge in [0.1, 0.15) is 0 Å². The predicted molar refractivity (Wildman–Crippen MR) is 52.1 cm³/mol. The number of hydrogen-bond acceptors (Lipinski definition) is 4. The number of halogens is 1. The second-order valence-electron chi connectivity index (χ2n) is 2.24. The summed E-state index contributed by atoms with van der Waals surface area (Å²) in [5, 5.41) is 2.55. The Kier molecular flexibility index (Phi) is 4.29. The minimum atomic E-state index is -0.631. The van der Waals surface area contributed by atoms with Gasteiger partial charge < -0.3 is 16.8 Å². The van der Waals surface area contributed by atoms with Crippen LogP contribution in [-0.2, 0) is 0 Å². The van der Waals surface area contributed by atoms with Crippen molar-refractivity contribution in [3.05, 3.63) is 36.6 Å². The number of nitrogens with two attached hydrogens (primary N) is 2. The van der Waals surface area contributed by atoms with Gasteiger partial charge in [0.15, 0.2) is 11.8 Å². The van der Waals surface area contributed by atoms with Crippen LogP contribution in [0.4, 0.5) is 4.39 Å². The van der Waals surface area contributed by atoms with Gasteiger partial charge in [-0.25, -0.2) is 4.99 Å². The fraction of sp³-hybridized carbons (Fsp3) is 0.125. The number of nitrogens with one attached hydrogen (secondary N) is 1. The zero-order chi connectivity index (χ0) is 10.4. The summed E-state index contributed by atoms with van der Waals surface area (Å²) < 4.78 is 12.4. The van der Waals surface area contributed by atoms with Crippen LogP contribution in [0, 0.1) is 0 Å². The normalized spacial score (nSPS) is 13.2. The second-order valence-corrected chi connectivity index (χ2v) is 2.24. The monoisotopic (exact) mass is 184 g/mol. The first-order valence-electron chi connectivity index (χ1n) is 3.51. The molecule has 4 nitrogen and oxygen atoms in total. The van der Waals surface area contributed by atoms with E-state index in [4.69, 9.17) is 11.5 Å². The molecule has 0 saturated heterocycles. The molecule has 13 heavy (non-hydrogen) atoms. The Morgan fingerprint density at radius 1 is 1.54 bits per heavy atom. The molecule has 0 aromatic carbocycles. The number of rotatable bonds is 4. The van der Waals surface area contributed by atoms with Crippen LogP contribution in [0.2, 0.25) is 0 Å². The maximum atomic E-state index is 12.4. The van der Waals surface area contributed by atoms with E-state index in [2.05, 4.69) is 23.5 Å². The van der Waals surface area contributed by atoms with E-state index in [-0.39, 0.29) is 17.2 Å². The second kappa shape index (κ2) is 4.97. The van der Waals surface area contributed by atoms with Crippen molar-refractivity contribution in [1.82, 2.24) is 5.32 Å². The third-order valence-corrected chi connectivity index (χ3v) is 1.11. The summed E-state index contributed by atoms with van der Waals surface area (Å²) in [6, 6.07) is 0. The molecule has 0 unspecified atom stereocenters. The molecule has 0 radical (unpaired) electrons. The van der Waals surface area contributed by atoms with E-state index in [1.54, 1.807) is 0 Å². The molecule has 0 aromatic heterocycles. The molecule has 5 heteroatoms. The van der Waals surface area contributed by atoms with Crippen molar-refractivity contribution in [2.75, 3.05) is 0 Å². The smallest absolute Gasteiger partial charge is 0.187 e. The summed E-state index contributed by atoms with van der Waals surface area (Å²) >= 11 is 0. The van der Waals surface area contributed by atoms with E-state index < -0.39 is 5.97 Å². The zero-order valence-electron chi connectivity index (χ0n) is 7.47. The maximum absolute atomic E-state index is 12.4. The number of hydrogen-bond donors (Lipinski definition) is 3. The third kappa shape index (κ3) is 3.95. The van der Waals surface area contributed by atoms with Gasteiger partial charge in [-0.2, -0.15) is 4.39 Å². The van der Waals surface area contributed by atoms with Crippen molar-refractivity contribution < 1.29 is 4.39 Å². The van der Waals surface area contributed by atoms with Gasteiger partial charge in [0.25, 0.3) is 0 Å². The highest BCUT2D eigenvalue weighted by atomic mass is 19.1. The van der Waals surface area contributed by atoms with Gasteiger partial charge >= 0.3 is 0 Å². The molecule has 0 aliphatic carbocycles. The lowest BCUT2D eigenvalue weighted by atomic mass is 10.3. The molecule has 0 fully saturated rings. The Morgan fingerprint density at radius 3 is 2.38 bits per heavy atom. The van der Waals surface area contributed by atoms with Crippen LogP contribution >= 0.6 is 0 Å². The molecule has 0 rings (SSSR count). The lowest BCUT2D eigenvalue weighted by molar-refractivity contribution is 0.786. The van der Waals surface area contributed by atoms with Crippen LogP contribution in [-0.4, -0.2) is 5.97 Å². The van der Waals surface area contributed by atoms with Crippen LogP contribution in [0.15, 0.2) is 41.6 Å². The highest BCUT2D eigenvalue weighted by Gasteiger charge is 2.02. The van der Waals surface area contributed by atoms with Crippen molar-refractivity contribution in [3.8, 4) is 0 Å². The molecule has 0 aliphatic rings. The molecule has 0 heterocycles. The molecule has 0 aliphatic heterocycles. The van der Waals surface area contributed by atoms with Crippen LogP contribution in [0.5, 0.6) is 0 Å². The fourth-order valence-corrected chi connectivity index (χ4v) is 0.573. The van der Waals surface area contributed by atoms with E-state index in [1.807, 2.05) is 0 Å². The summed E-state index contributed by atoms with van der Waals surface area (Å²) in [5.41, 5.74) is 11.0. The summed E-state index contributed by atoms with van der Waals surface area (Å²) in [7, 11) is 0. The van der Waals surface area contributed by atoms with Crippen LogP contribution in [0.25, 0.3) is 0 Å². The molecule has 0 bridgehead atoms. The van der Waals surface area contributed by atoms with Gasteiger partial charge in [0.2, 0.25) is 0 Å². The molecule has 0 spiro atoms. The molecule has 0 atom stereocenters. The Labute approximate surface area is 76.5 Å². The van der Waals surface area contributed by atoms with Gasteiger partial charge in [0.05, 0.1) is 11.4 Å². The number of aliphatic imine (C=N–C) groups is 1. The molecule has 0 saturated carbocycles. The van der Waals surface area contributed by atoms with Gasteiger partial charge in [-0.15, -0.1) is 0 Å². The highest BCUT2D eigenvalue weighted by Crippen LogP contribution is 2.03. The van der Waals surface area contributed by atoms with Crippen molar-refractivity contribution in [1.29, 1.82) is 0 Å².